The first-order chi connectivity index (χ1) is 17.3. The molecule has 0 bridgehead atoms. The third kappa shape index (κ3) is 3.93. The molecule has 38 heavy (non-hydrogen) atoms. The molecule has 1 aliphatic heterocycles. The second-order valence-corrected chi connectivity index (χ2v) is 15.2. The van der Waals surface area contributed by atoms with E-state index in [0.717, 1.165) is 24.8 Å². The van der Waals surface area contributed by atoms with Gasteiger partial charge in [0.25, 0.3) is 0 Å². The van der Waals surface area contributed by atoms with Crippen LogP contribution in [0.2, 0.25) is 0 Å². The molecule has 0 aromatic heterocycles. The van der Waals surface area contributed by atoms with Gasteiger partial charge >= 0.3 is 0 Å². The van der Waals surface area contributed by atoms with Gasteiger partial charge in [0.1, 0.15) is 0 Å². The Hall–Kier alpha value is -0.830. The highest BCUT2D eigenvalue weighted by molar-refractivity contribution is 5.95. The Morgan fingerprint density at radius 3 is 2.34 bits per heavy atom. The van der Waals surface area contributed by atoms with Gasteiger partial charge in [0.2, 0.25) is 0 Å². The molecule has 5 rings (SSSR count). The minimum absolute atomic E-state index is 0.0120. The number of carbonyl (C=O) groups excluding carboxylic acids is 1. The lowest BCUT2D eigenvalue weighted by Gasteiger charge is -2.60. The fourth-order valence-corrected chi connectivity index (χ4v) is 9.56. The van der Waals surface area contributed by atoms with E-state index in [1.807, 2.05) is 34.6 Å². The van der Waals surface area contributed by atoms with Gasteiger partial charge in [-0.2, -0.15) is 0 Å². The zero-order valence-corrected chi connectivity index (χ0v) is 24.6. The van der Waals surface area contributed by atoms with E-state index in [0.29, 0.717) is 19.3 Å². The van der Waals surface area contributed by atoms with E-state index in [9.17, 15) is 25.2 Å². The lowest BCUT2D eigenvalue weighted by Crippen LogP contribution is -2.62. The molecule has 0 spiro atoms. The highest BCUT2D eigenvalue weighted by atomic mass is 16.8. The predicted molar refractivity (Wildman–Crippen MR) is 143 cm³/mol. The number of ether oxygens (including phenoxy) is 2. The van der Waals surface area contributed by atoms with Gasteiger partial charge in [-0.05, 0) is 114 Å². The summed E-state index contributed by atoms with van der Waals surface area (Å²) in [5.41, 5.74) is -2.88. The highest BCUT2D eigenvalue weighted by Gasteiger charge is 2.71. The summed E-state index contributed by atoms with van der Waals surface area (Å²) in [7, 11) is 0. The van der Waals surface area contributed by atoms with Gasteiger partial charge in [-0.1, -0.05) is 20.8 Å². The van der Waals surface area contributed by atoms with Crippen LogP contribution in [0.5, 0.6) is 0 Å². The quantitative estimate of drug-likeness (QED) is 0.432. The minimum Gasteiger partial charge on any atom is -0.390 e. The molecule has 0 amide bonds. The number of carbonyl (C=O) groups is 1. The number of aliphatic hydroxyl groups is 4. The van der Waals surface area contributed by atoms with Crippen molar-refractivity contribution in [2.24, 2.45) is 34.5 Å². The number of hydrogen-bond donors (Lipinski definition) is 4. The van der Waals surface area contributed by atoms with E-state index in [1.54, 1.807) is 6.08 Å². The SMILES string of the molecule is CC(CC1OC(C)(C)OC1(C)[C@H]1CCC2(O)C3=CC(=O)[C@@H]4CC(O)C(O)CC4(C)[C@H]3CCC12C)C(C)(C)O. The third-order valence-corrected chi connectivity index (χ3v) is 12.1. The van der Waals surface area contributed by atoms with Crippen LogP contribution in [-0.2, 0) is 14.3 Å². The Bertz CT molecular complexity index is 1010. The lowest BCUT2D eigenvalue weighted by atomic mass is 9.45. The molecule has 1 heterocycles. The van der Waals surface area contributed by atoms with Crippen LogP contribution < -0.4 is 0 Å². The first kappa shape index (κ1) is 28.7. The predicted octanol–water partition coefficient (Wildman–Crippen LogP) is 3.90. The standard InChI is InChI=1S/C31H50O7/c1-17(26(2,3)35)13-25-30(8,38-27(4,5)37-25)24-10-12-31(36)19-14-21(32)20-15-22(33)23(34)16-28(20,6)18(19)9-11-29(24,31)7/h14,17-18,20,22-25,33-36H,9-13,15-16H2,1-8H3/t17?,18-,20-,22?,23?,24-,25?,28?,29?,30?,31?/m0/s1. The topological polar surface area (TPSA) is 116 Å². The Kier molecular flexibility index (Phi) is 6.49. The lowest BCUT2D eigenvalue weighted by molar-refractivity contribution is -0.191. The van der Waals surface area contributed by atoms with Crippen LogP contribution in [0.1, 0.15) is 100 Å². The van der Waals surface area contributed by atoms with E-state index < -0.39 is 45.6 Å². The number of fused-ring (bicyclic) bond motifs is 5. The zero-order valence-electron chi connectivity index (χ0n) is 24.6. The van der Waals surface area contributed by atoms with Crippen LogP contribution in [0.4, 0.5) is 0 Å². The van der Waals surface area contributed by atoms with Crippen molar-refractivity contribution < 1.29 is 34.7 Å². The molecule has 5 aliphatic rings. The molecular formula is C31H50O7. The summed E-state index contributed by atoms with van der Waals surface area (Å²) in [4.78, 5) is 13.5. The molecule has 0 aromatic carbocycles. The molecule has 216 valence electrons. The maximum atomic E-state index is 13.5. The first-order valence-electron chi connectivity index (χ1n) is 14.7. The maximum absolute atomic E-state index is 13.5. The van der Waals surface area contributed by atoms with Crippen molar-refractivity contribution >= 4 is 5.78 Å². The molecule has 3 saturated carbocycles. The zero-order chi connectivity index (χ0) is 28.3. The van der Waals surface area contributed by atoms with E-state index in [2.05, 4.69) is 20.8 Å². The molecule has 7 heteroatoms. The molecule has 4 aliphatic carbocycles. The van der Waals surface area contributed by atoms with Gasteiger partial charge < -0.3 is 29.9 Å². The summed E-state index contributed by atoms with van der Waals surface area (Å²) in [5.74, 6) is -1.20. The Balaban J connectivity index is 1.51. The van der Waals surface area contributed by atoms with Gasteiger partial charge in [0.15, 0.2) is 11.6 Å². The van der Waals surface area contributed by atoms with E-state index >= 15 is 0 Å². The molecular weight excluding hydrogens is 484 g/mol. The van der Waals surface area contributed by atoms with Crippen molar-refractivity contribution in [3.8, 4) is 0 Å². The van der Waals surface area contributed by atoms with Crippen LogP contribution in [0, 0.1) is 34.5 Å². The number of rotatable bonds is 4. The fraction of sp³-hybridized carbons (Fsp3) is 0.903. The second kappa shape index (κ2) is 8.59. The van der Waals surface area contributed by atoms with Gasteiger partial charge in [0, 0.05) is 11.3 Å². The summed E-state index contributed by atoms with van der Waals surface area (Å²) in [6.07, 6.45) is 3.87. The van der Waals surface area contributed by atoms with Crippen molar-refractivity contribution in [1.82, 2.24) is 0 Å². The number of aliphatic hydroxyl groups excluding tert-OH is 2. The maximum Gasteiger partial charge on any atom is 0.164 e. The van der Waals surface area contributed by atoms with Gasteiger partial charge in [-0.25, -0.2) is 0 Å². The monoisotopic (exact) mass is 534 g/mol. The molecule has 8 unspecified atom stereocenters. The second-order valence-electron chi connectivity index (χ2n) is 15.2. The average molecular weight is 535 g/mol. The number of allylic oxidation sites excluding steroid dienone is 1. The van der Waals surface area contributed by atoms with Crippen LogP contribution >= 0.6 is 0 Å². The Labute approximate surface area is 228 Å². The molecule has 0 aromatic rings. The number of ketones is 1. The summed E-state index contributed by atoms with van der Waals surface area (Å²) in [5, 5.41) is 44.2. The Morgan fingerprint density at radius 1 is 1.05 bits per heavy atom. The van der Waals surface area contributed by atoms with Crippen LogP contribution in [-0.4, -0.2) is 67.1 Å². The van der Waals surface area contributed by atoms with Crippen LogP contribution in [0.25, 0.3) is 0 Å². The molecule has 11 atom stereocenters. The normalized spacial score (nSPS) is 51.2. The first-order valence-corrected chi connectivity index (χ1v) is 14.7. The average Bonchev–Trinajstić information content (AvgIpc) is 3.19. The van der Waals surface area contributed by atoms with Crippen molar-refractivity contribution in [1.29, 1.82) is 0 Å². The minimum atomic E-state index is -1.16. The summed E-state index contributed by atoms with van der Waals surface area (Å²) < 4.78 is 13.2. The fourth-order valence-electron chi connectivity index (χ4n) is 9.56. The van der Waals surface area contributed by atoms with Crippen molar-refractivity contribution in [2.45, 2.75) is 141 Å². The van der Waals surface area contributed by atoms with Gasteiger partial charge in [-0.15, -0.1) is 0 Å². The van der Waals surface area contributed by atoms with Crippen molar-refractivity contribution in [2.75, 3.05) is 0 Å². The Morgan fingerprint density at radius 2 is 1.71 bits per heavy atom. The summed E-state index contributed by atoms with van der Waals surface area (Å²) >= 11 is 0. The third-order valence-electron chi connectivity index (χ3n) is 12.1. The van der Waals surface area contributed by atoms with E-state index in [4.69, 9.17) is 9.47 Å². The number of hydrogen-bond acceptors (Lipinski definition) is 7. The molecule has 1 saturated heterocycles. The molecule has 4 N–H and O–H groups in total. The van der Waals surface area contributed by atoms with E-state index in [-0.39, 0.29) is 42.0 Å². The summed E-state index contributed by atoms with van der Waals surface area (Å²) in [6, 6.07) is 0. The van der Waals surface area contributed by atoms with Crippen LogP contribution in [0.15, 0.2) is 11.6 Å². The van der Waals surface area contributed by atoms with E-state index in [1.165, 1.54) is 0 Å². The van der Waals surface area contributed by atoms with Gasteiger partial charge in [-0.3, -0.25) is 4.79 Å². The van der Waals surface area contributed by atoms with Gasteiger partial charge in [0.05, 0.1) is 35.1 Å². The van der Waals surface area contributed by atoms with Crippen molar-refractivity contribution in [3.05, 3.63) is 11.6 Å². The van der Waals surface area contributed by atoms with Crippen molar-refractivity contribution in [3.63, 3.8) is 0 Å². The summed E-state index contributed by atoms with van der Waals surface area (Å²) in [6.45, 7) is 15.9. The van der Waals surface area contributed by atoms with Crippen LogP contribution in [0.3, 0.4) is 0 Å². The molecule has 4 fully saturated rings. The smallest absolute Gasteiger partial charge is 0.164 e. The molecule has 0 radical (unpaired) electrons. The molecule has 7 nitrogen and oxygen atoms in total. The largest absolute Gasteiger partial charge is 0.390 e. The highest BCUT2D eigenvalue weighted by Crippen LogP contribution is 2.70.